The van der Waals surface area contributed by atoms with E-state index in [1.165, 1.54) is 23.6 Å². The number of fused-ring (bicyclic) bond motifs is 1. The normalized spacial score (nSPS) is 10.8. The molecule has 0 saturated carbocycles. The Morgan fingerprint density at radius 1 is 1.45 bits per heavy atom. The molecule has 102 valence electrons. The summed E-state index contributed by atoms with van der Waals surface area (Å²) >= 11 is 1.25. The Morgan fingerprint density at radius 3 is 3.20 bits per heavy atom. The molecule has 0 aliphatic heterocycles. The van der Waals surface area contributed by atoms with Crippen LogP contribution < -0.4 is 0 Å². The van der Waals surface area contributed by atoms with Crippen LogP contribution in [0.5, 0.6) is 0 Å². The summed E-state index contributed by atoms with van der Waals surface area (Å²) in [6.45, 7) is -0.0474. The minimum absolute atomic E-state index is 0.0474. The number of tetrazole rings is 1. The zero-order valence-corrected chi connectivity index (χ0v) is 11.2. The largest absolute Gasteiger partial charge is 0.468 e. The minimum atomic E-state index is -0.422. The molecule has 0 aromatic carbocycles. The zero-order valence-electron chi connectivity index (χ0n) is 10.4. The molecule has 0 radical (unpaired) electrons. The van der Waals surface area contributed by atoms with Gasteiger partial charge in [-0.15, -0.1) is 5.10 Å². The number of hydrogen-bond acceptors (Lipinski definition) is 8. The van der Waals surface area contributed by atoms with Crippen LogP contribution in [0, 0.1) is 0 Å². The first-order valence-corrected chi connectivity index (χ1v) is 6.39. The van der Waals surface area contributed by atoms with Gasteiger partial charge in [0.2, 0.25) is 5.16 Å². The summed E-state index contributed by atoms with van der Waals surface area (Å²) in [5.41, 5.74) is 0.838. The molecule has 9 nitrogen and oxygen atoms in total. The van der Waals surface area contributed by atoms with Crippen LogP contribution in [0.1, 0.15) is 0 Å². The maximum Gasteiger partial charge on any atom is 0.327 e. The molecule has 0 fully saturated rings. The van der Waals surface area contributed by atoms with Crippen molar-refractivity contribution in [1.82, 2.24) is 34.8 Å². The fourth-order valence-corrected chi connectivity index (χ4v) is 2.39. The van der Waals surface area contributed by atoms with E-state index in [-0.39, 0.29) is 6.54 Å². The van der Waals surface area contributed by atoms with Crippen molar-refractivity contribution in [2.45, 2.75) is 16.7 Å². The zero-order chi connectivity index (χ0) is 13.9. The summed E-state index contributed by atoms with van der Waals surface area (Å²) in [5, 5.41) is 16.5. The molecule has 3 heterocycles. The Hall–Kier alpha value is -2.49. The van der Waals surface area contributed by atoms with Crippen LogP contribution >= 0.6 is 11.8 Å². The molecule has 0 spiro atoms. The average molecular weight is 291 g/mol. The first-order valence-electron chi connectivity index (χ1n) is 5.57. The van der Waals surface area contributed by atoms with Crippen LogP contribution in [-0.4, -0.2) is 47.9 Å². The van der Waals surface area contributed by atoms with Crippen molar-refractivity contribution in [3.63, 3.8) is 0 Å². The molecule has 3 aromatic heterocycles. The Morgan fingerprint density at radius 2 is 2.35 bits per heavy atom. The second-order valence-electron chi connectivity index (χ2n) is 3.69. The predicted molar refractivity (Wildman–Crippen MR) is 66.9 cm³/mol. The van der Waals surface area contributed by atoms with Gasteiger partial charge in [-0.3, -0.25) is 4.79 Å². The third-order valence-electron chi connectivity index (χ3n) is 2.48. The molecular formula is C10H9N7O2S. The Labute approximate surface area is 116 Å². The van der Waals surface area contributed by atoms with Gasteiger partial charge < -0.3 is 4.74 Å². The van der Waals surface area contributed by atoms with Crippen molar-refractivity contribution in [1.29, 1.82) is 0 Å². The number of methoxy groups -OCH3 is 1. The minimum Gasteiger partial charge on any atom is -0.468 e. The van der Waals surface area contributed by atoms with Gasteiger partial charge in [0.25, 0.3) is 0 Å². The van der Waals surface area contributed by atoms with E-state index in [0.29, 0.717) is 10.2 Å². The van der Waals surface area contributed by atoms with Crippen LogP contribution in [0.3, 0.4) is 0 Å². The second-order valence-corrected chi connectivity index (χ2v) is 4.65. The summed E-state index contributed by atoms with van der Waals surface area (Å²) in [6, 6.07) is 1.84. The predicted octanol–water partition coefficient (Wildman–Crippen LogP) is 0.0400. The highest BCUT2D eigenvalue weighted by molar-refractivity contribution is 7.99. The number of carbonyl (C=O) groups is 1. The third-order valence-corrected chi connectivity index (χ3v) is 3.47. The topological polar surface area (TPSA) is 100 Å². The molecule has 0 saturated heterocycles. The lowest BCUT2D eigenvalue weighted by atomic mass is 10.5. The quantitative estimate of drug-likeness (QED) is 0.621. The third kappa shape index (κ3) is 2.32. The smallest absolute Gasteiger partial charge is 0.327 e. The number of aromatic nitrogens is 7. The van der Waals surface area contributed by atoms with E-state index in [1.807, 2.05) is 6.07 Å². The molecule has 3 rings (SSSR count). The summed E-state index contributed by atoms with van der Waals surface area (Å²) in [5.74, 6) is -0.422. The van der Waals surface area contributed by atoms with Gasteiger partial charge in [-0.1, -0.05) is 0 Å². The molecule has 0 bridgehead atoms. The van der Waals surface area contributed by atoms with Gasteiger partial charge in [-0.2, -0.15) is 5.10 Å². The molecule has 3 aromatic rings. The molecule has 0 unspecified atom stereocenters. The molecule has 10 heteroatoms. The first kappa shape index (κ1) is 12.5. The standard InChI is InChI=1S/C10H9N7O2S/c1-19-8(18)6-17-10(13-14-15-17)20-9-7-2-3-12-16(7)5-4-11-9/h2-5H,6H2,1H3. The van der Waals surface area contributed by atoms with Gasteiger partial charge in [0, 0.05) is 12.4 Å². The highest BCUT2D eigenvalue weighted by atomic mass is 32.2. The van der Waals surface area contributed by atoms with E-state index in [9.17, 15) is 4.79 Å². The summed E-state index contributed by atoms with van der Waals surface area (Å²) < 4.78 is 7.65. The lowest BCUT2D eigenvalue weighted by Gasteiger charge is -2.03. The maximum atomic E-state index is 11.3. The number of ether oxygens (including phenoxy) is 1. The molecule has 0 N–H and O–H groups in total. The summed E-state index contributed by atoms with van der Waals surface area (Å²) in [4.78, 5) is 15.5. The van der Waals surface area contributed by atoms with Gasteiger partial charge >= 0.3 is 5.97 Å². The van der Waals surface area contributed by atoms with Crippen molar-refractivity contribution in [2.24, 2.45) is 0 Å². The number of carbonyl (C=O) groups excluding carboxylic acids is 1. The SMILES string of the molecule is COC(=O)Cn1nnnc1Sc1nccn2nccc12. The van der Waals surface area contributed by atoms with E-state index < -0.39 is 5.97 Å². The van der Waals surface area contributed by atoms with E-state index in [0.717, 1.165) is 5.52 Å². The maximum absolute atomic E-state index is 11.3. The monoisotopic (exact) mass is 291 g/mol. The second kappa shape index (κ2) is 5.25. The Balaban J connectivity index is 1.90. The van der Waals surface area contributed by atoms with E-state index in [4.69, 9.17) is 0 Å². The van der Waals surface area contributed by atoms with Crippen LogP contribution in [0.2, 0.25) is 0 Å². The number of nitrogens with zero attached hydrogens (tertiary/aromatic N) is 7. The van der Waals surface area contributed by atoms with Crippen LogP contribution in [0.25, 0.3) is 5.52 Å². The number of esters is 1. The van der Waals surface area contributed by atoms with E-state index >= 15 is 0 Å². The van der Waals surface area contributed by atoms with Gasteiger partial charge in [0.1, 0.15) is 11.6 Å². The summed E-state index contributed by atoms with van der Waals surface area (Å²) in [6.07, 6.45) is 5.06. The average Bonchev–Trinajstić information content (AvgIpc) is 3.09. The van der Waals surface area contributed by atoms with Crippen molar-refractivity contribution >= 4 is 23.2 Å². The fraction of sp³-hybridized carbons (Fsp3) is 0.200. The molecule has 0 aliphatic rings. The van der Waals surface area contributed by atoms with Crippen LogP contribution in [-0.2, 0) is 16.1 Å². The van der Waals surface area contributed by atoms with Gasteiger partial charge in [-0.05, 0) is 28.3 Å². The number of hydrogen-bond donors (Lipinski definition) is 0. The highest BCUT2D eigenvalue weighted by Crippen LogP contribution is 2.26. The first-order chi connectivity index (χ1) is 9.78. The fourth-order valence-electron chi connectivity index (χ4n) is 1.55. The van der Waals surface area contributed by atoms with Crippen molar-refractivity contribution in [2.75, 3.05) is 7.11 Å². The van der Waals surface area contributed by atoms with Crippen LogP contribution in [0.4, 0.5) is 0 Å². The Kier molecular flexibility index (Phi) is 3.29. The van der Waals surface area contributed by atoms with Gasteiger partial charge in [0.05, 0.1) is 18.8 Å². The Bertz CT molecular complexity index is 753. The lowest BCUT2D eigenvalue weighted by Crippen LogP contribution is -2.13. The van der Waals surface area contributed by atoms with Crippen LogP contribution in [0.15, 0.2) is 34.8 Å². The van der Waals surface area contributed by atoms with Crippen molar-refractivity contribution in [3.05, 3.63) is 24.7 Å². The molecule has 0 aliphatic carbocycles. The number of rotatable bonds is 4. The molecular weight excluding hydrogens is 282 g/mol. The van der Waals surface area contributed by atoms with E-state index in [1.54, 1.807) is 23.1 Å². The molecule has 0 amide bonds. The lowest BCUT2D eigenvalue weighted by molar-refractivity contribution is -0.141. The van der Waals surface area contributed by atoms with Crippen molar-refractivity contribution < 1.29 is 9.53 Å². The van der Waals surface area contributed by atoms with Gasteiger partial charge in [-0.25, -0.2) is 14.2 Å². The highest BCUT2D eigenvalue weighted by Gasteiger charge is 2.14. The molecule has 20 heavy (non-hydrogen) atoms. The summed E-state index contributed by atoms with van der Waals surface area (Å²) in [7, 11) is 1.31. The van der Waals surface area contributed by atoms with Crippen molar-refractivity contribution in [3.8, 4) is 0 Å². The molecule has 0 atom stereocenters. The van der Waals surface area contributed by atoms with E-state index in [2.05, 4.69) is 30.3 Å². The van der Waals surface area contributed by atoms with Gasteiger partial charge in [0.15, 0.2) is 0 Å².